The van der Waals surface area contributed by atoms with E-state index in [1.165, 1.54) is 32.1 Å². The molecule has 1 unspecified atom stereocenters. The van der Waals surface area contributed by atoms with Gasteiger partial charge in [0.25, 0.3) is 11.8 Å². The number of nitrogens with one attached hydrogen (secondary N) is 3. The van der Waals surface area contributed by atoms with Crippen molar-refractivity contribution in [2.45, 2.75) is 23.5 Å². The molecule has 5 rings (SSSR count). The SMILES string of the molecule is CCC(Sc1cccc(NC(=O)/C(=C\c2cc(OC)ccc2OC)NC(=O)c2ccccc2)c1)C(=O)Nc1ccc(Oc2ccccc2)cc1. The Morgan fingerprint density at radius 2 is 1.38 bits per heavy atom. The lowest BCUT2D eigenvalue weighted by Gasteiger charge is -2.16. The van der Waals surface area contributed by atoms with Crippen LogP contribution in [0.5, 0.6) is 23.0 Å². The summed E-state index contributed by atoms with van der Waals surface area (Å²) in [5, 5.41) is 8.22. The molecule has 3 N–H and O–H groups in total. The molecule has 0 aromatic heterocycles. The first-order valence-electron chi connectivity index (χ1n) is 15.9. The number of para-hydroxylation sites is 1. The number of methoxy groups -OCH3 is 2. The molecule has 0 saturated carbocycles. The van der Waals surface area contributed by atoms with Gasteiger partial charge in [0, 0.05) is 27.4 Å². The van der Waals surface area contributed by atoms with Crippen LogP contribution in [0.2, 0.25) is 0 Å². The number of ether oxygens (including phenoxy) is 3. The van der Waals surface area contributed by atoms with Crippen molar-refractivity contribution in [1.29, 1.82) is 0 Å². The molecule has 50 heavy (non-hydrogen) atoms. The average Bonchev–Trinajstić information content (AvgIpc) is 3.15. The van der Waals surface area contributed by atoms with Gasteiger partial charge in [-0.05, 0) is 97.4 Å². The maximum Gasteiger partial charge on any atom is 0.272 e. The molecule has 0 saturated heterocycles. The quantitative estimate of drug-likeness (QED) is 0.0793. The molecule has 0 aliphatic heterocycles. The van der Waals surface area contributed by atoms with Crippen molar-refractivity contribution in [3.8, 4) is 23.0 Å². The van der Waals surface area contributed by atoms with E-state index in [0.717, 1.165) is 10.6 Å². The second-order valence-corrected chi connectivity index (χ2v) is 12.2. The van der Waals surface area contributed by atoms with Crippen LogP contribution < -0.4 is 30.2 Å². The van der Waals surface area contributed by atoms with E-state index in [2.05, 4.69) is 16.0 Å². The lowest BCUT2D eigenvalue weighted by molar-refractivity contribution is -0.116. The van der Waals surface area contributed by atoms with Crippen LogP contribution >= 0.6 is 11.8 Å². The maximum atomic E-state index is 13.7. The number of amides is 3. The number of benzene rings is 5. The number of rotatable bonds is 14. The topological polar surface area (TPSA) is 115 Å². The molecule has 0 bridgehead atoms. The van der Waals surface area contributed by atoms with Crippen LogP contribution in [0.4, 0.5) is 11.4 Å². The minimum absolute atomic E-state index is 0.00513. The Hall–Kier alpha value is -6.00. The van der Waals surface area contributed by atoms with Crippen LogP contribution in [0, 0.1) is 0 Å². The number of hydrogen-bond acceptors (Lipinski definition) is 7. The van der Waals surface area contributed by atoms with Gasteiger partial charge in [0.15, 0.2) is 0 Å². The fraction of sp³-hybridized carbons (Fsp3) is 0.125. The minimum atomic E-state index is -0.550. The maximum absolute atomic E-state index is 13.7. The van der Waals surface area contributed by atoms with Gasteiger partial charge >= 0.3 is 0 Å². The van der Waals surface area contributed by atoms with Gasteiger partial charge in [-0.1, -0.05) is 49.4 Å². The summed E-state index contributed by atoms with van der Waals surface area (Å²) in [5.74, 6) is 1.29. The normalized spacial score (nSPS) is 11.5. The Morgan fingerprint density at radius 3 is 2.06 bits per heavy atom. The Morgan fingerprint density at radius 1 is 0.700 bits per heavy atom. The van der Waals surface area contributed by atoms with E-state index in [1.807, 2.05) is 43.3 Å². The molecule has 0 fully saturated rings. The lowest BCUT2D eigenvalue weighted by Crippen LogP contribution is -2.30. The van der Waals surface area contributed by atoms with E-state index in [-0.39, 0.29) is 11.6 Å². The van der Waals surface area contributed by atoms with Gasteiger partial charge in [0.05, 0.1) is 19.5 Å². The molecule has 0 aliphatic rings. The van der Waals surface area contributed by atoms with Crippen LogP contribution in [0.15, 0.2) is 138 Å². The Labute approximate surface area is 295 Å². The molecule has 9 nitrogen and oxygen atoms in total. The predicted molar refractivity (Wildman–Crippen MR) is 198 cm³/mol. The van der Waals surface area contributed by atoms with Gasteiger partial charge in [-0.15, -0.1) is 11.8 Å². The summed E-state index contributed by atoms with van der Waals surface area (Å²) >= 11 is 1.39. The predicted octanol–water partition coefficient (Wildman–Crippen LogP) is 8.42. The number of carbonyl (C=O) groups is 3. The van der Waals surface area contributed by atoms with Crippen molar-refractivity contribution in [2.75, 3.05) is 24.9 Å². The van der Waals surface area contributed by atoms with Crippen LogP contribution in [0.3, 0.4) is 0 Å². The lowest BCUT2D eigenvalue weighted by atomic mass is 10.1. The minimum Gasteiger partial charge on any atom is -0.497 e. The zero-order valence-corrected chi connectivity index (χ0v) is 28.7. The molecule has 1 atom stereocenters. The summed E-state index contributed by atoms with van der Waals surface area (Å²) in [4.78, 5) is 40.9. The summed E-state index contributed by atoms with van der Waals surface area (Å²) in [7, 11) is 3.06. The van der Waals surface area contributed by atoms with Crippen molar-refractivity contribution in [1.82, 2.24) is 5.32 Å². The molecule has 0 radical (unpaired) electrons. The Kier molecular flexibility index (Phi) is 12.3. The van der Waals surface area contributed by atoms with Gasteiger partial charge in [-0.25, -0.2) is 0 Å². The molecular weight excluding hydrogens is 651 g/mol. The van der Waals surface area contributed by atoms with Crippen molar-refractivity contribution in [3.63, 3.8) is 0 Å². The van der Waals surface area contributed by atoms with Crippen molar-refractivity contribution < 1.29 is 28.6 Å². The fourth-order valence-corrected chi connectivity index (χ4v) is 5.85. The summed E-state index contributed by atoms with van der Waals surface area (Å²) in [5.41, 5.74) is 2.06. The molecule has 5 aromatic carbocycles. The molecule has 0 aliphatic carbocycles. The van der Waals surface area contributed by atoms with Crippen LogP contribution in [-0.2, 0) is 9.59 Å². The third kappa shape index (κ3) is 9.77. The molecule has 254 valence electrons. The van der Waals surface area contributed by atoms with Gasteiger partial charge in [0.1, 0.15) is 28.7 Å². The first-order valence-corrected chi connectivity index (χ1v) is 16.7. The number of anilines is 2. The second kappa shape index (κ2) is 17.4. The summed E-state index contributed by atoms with van der Waals surface area (Å²) in [6.45, 7) is 1.94. The highest BCUT2D eigenvalue weighted by atomic mass is 32.2. The standard InChI is InChI=1S/C40H37N3O6S/c1-4-37(40(46)41-29-18-20-32(21-19-29)49-31-15-9-6-10-16-31)50-34-17-11-14-30(26-34)42-39(45)35(43-38(44)27-12-7-5-8-13-27)25-28-24-33(47-2)22-23-36(28)48-3/h5-26,37H,4H2,1-3H3,(H,41,46)(H,42,45)(H,43,44)/b35-25+. The van der Waals surface area contributed by atoms with Gasteiger partial charge in [-0.2, -0.15) is 0 Å². The van der Waals surface area contributed by atoms with E-state index < -0.39 is 17.1 Å². The molecule has 5 aromatic rings. The highest BCUT2D eigenvalue weighted by Gasteiger charge is 2.20. The van der Waals surface area contributed by atoms with Crippen LogP contribution in [0.1, 0.15) is 29.3 Å². The van der Waals surface area contributed by atoms with Crippen molar-refractivity contribution in [2.24, 2.45) is 0 Å². The number of carbonyl (C=O) groups excluding carboxylic acids is 3. The highest BCUT2D eigenvalue weighted by Crippen LogP contribution is 2.30. The molecule has 0 heterocycles. The monoisotopic (exact) mass is 687 g/mol. The van der Waals surface area contributed by atoms with Crippen molar-refractivity contribution >= 4 is 46.9 Å². The van der Waals surface area contributed by atoms with Gasteiger partial charge in [-0.3, -0.25) is 14.4 Å². The van der Waals surface area contributed by atoms with Gasteiger partial charge < -0.3 is 30.2 Å². The highest BCUT2D eigenvalue weighted by molar-refractivity contribution is 8.00. The molecular formula is C40H37N3O6S. The van der Waals surface area contributed by atoms with Gasteiger partial charge in [0.2, 0.25) is 5.91 Å². The Balaban J connectivity index is 1.29. The molecule has 10 heteroatoms. The third-order valence-corrected chi connectivity index (χ3v) is 8.76. The number of hydrogen-bond donors (Lipinski definition) is 3. The van der Waals surface area contributed by atoms with E-state index in [9.17, 15) is 14.4 Å². The first kappa shape index (κ1) is 35.3. The molecule has 3 amide bonds. The largest absolute Gasteiger partial charge is 0.497 e. The number of thioether (sulfide) groups is 1. The molecule has 0 spiro atoms. The fourth-order valence-electron chi connectivity index (χ4n) is 4.84. The second-order valence-electron chi connectivity index (χ2n) is 10.9. The van der Waals surface area contributed by atoms with E-state index in [4.69, 9.17) is 14.2 Å². The van der Waals surface area contributed by atoms with Crippen molar-refractivity contribution in [3.05, 3.63) is 144 Å². The van der Waals surface area contributed by atoms with E-state index in [0.29, 0.717) is 46.2 Å². The third-order valence-electron chi connectivity index (χ3n) is 7.40. The summed E-state index contributed by atoms with van der Waals surface area (Å²) in [6, 6.07) is 37.7. The Bertz CT molecular complexity index is 1950. The average molecular weight is 688 g/mol. The smallest absolute Gasteiger partial charge is 0.272 e. The zero-order chi connectivity index (χ0) is 35.3. The van der Waals surface area contributed by atoms with Crippen LogP contribution in [0.25, 0.3) is 6.08 Å². The van der Waals surface area contributed by atoms with E-state index >= 15 is 0 Å². The van der Waals surface area contributed by atoms with Crippen LogP contribution in [-0.4, -0.2) is 37.2 Å². The summed E-state index contributed by atoms with van der Waals surface area (Å²) in [6.07, 6.45) is 2.11. The summed E-state index contributed by atoms with van der Waals surface area (Å²) < 4.78 is 16.7. The first-order chi connectivity index (χ1) is 24.3. The van der Waals surface area contributed by atoms with E-state index in [1.54, 1.807) is 91.0 Å². The zero-order valence-electron chi connectivity index (χ0n) is 27.8.